The zero-order valence-electron chi connectivity index (χ0n) is 11.8. The fraction of sp³-hybridized carbons (Fsp3) is 0.188. The summed E-state index contributed by atoms with van der Waals surface area (Å²) in [5.41, 5.74) is 1.71. The van der Waals surface area contributed by atoms with E-state index in [9.17, 15) is 15.0 Å². The first kappa shape index (κ1) is 14.9. The molecule has 5 nitrogen and oxygen atoms in total. The monoisotopic (exact) mass is 288 g/mol. The van der Waals surface area contributed by atoms with Gasteiger partial charge in [0.05, 0.1) is 26.4 Å². The minimum absolute atomic E-state index is 0.0912. The number of aromatic carboxylic acids is 1. The molecule has 0 unspecified atom stereocenters. The van der Waals surface area contributed by atoms with Crippen LogP contribution in [0.1, 0.15) is 15.9 Å². The molecule has 2 rings (SSSR count). The molecule has 110 valence electrons. The SMILES string of the molecule is COc1ccc(C(=O)O)c(-c2ccccc2CO)c1OC. The molecule has 0 atom stereocenters. The Morgan fingerprint density at radius 3 is 2.38 bits per heavy atom. The molecule has 0 heterocycles. The number of carboxylic acids is 1. The van der Waals surface area contributed by atoms with E-state index in [2.05, 4.69) is 0 Å². The lowest BCUT2D eigenvalue weighted by molar-refractivity contribution is 0.0697. The second-order valence-corrected chi connectivity index (χ2v) is 4.34. The fourth-order valence-corrected chi connectivity index (χ4v) is 2.27. The van der Waals surface area contributed by atoms with Crippen LogP contribution in [-0.2, 0) is 6.61 Å². The second-order valence-electron chi connectivity index (χ2n) is 4.34. The highest BCUT2D eigenvalue weighted by Crippen LogP contribution is 2.41. The molecule has 2 aromatic rings. The van der Waals surface area contributed by atoms with E-state index in [1.807, 2.05) is 0 Å². The van der Waals surface area contributed by atoms with Crippen LogP contribution in [0, 0.1) is 0 Å². The summed E-state index contributed by atoms with van der Waals surface area (Å²) >= 11 is 0. The van der Waals surface area contributed by atoms with Gasteiger partial charge in [-0.3, -0.25) is 0 Å². The zero-order chi connectivity index (χ0) is 15.4. The minimum atomic E-state index is -1.07. The number of aliphatic hydroxyl groups excluding tert-OH is 1. The molecule has 0 saturated carbocycles. The highest BCUT2D eigenvalue weighted by Gasteiger charge is 2.22. The molecule has 0 radical (unpaired) electrons. The van der Waals surface area contributed by atoms with E-state index >= 15 is 0 Å². The van der Waals surface area contributed by atoms with Gasteiger partial charge < -0.3 is 19.7 Å². The Hall–Kier alpha value is -2.53. The number of rotatable bonds is 5. The van der Waals surface area contributed by atoms with Crippen molar-refractivity contribution in [2.45, 2.75) is 6.61 Å². The maximum atomic E-state index is 11.5. The summed E-state index contributed by atoms with van der Waals surface area (Å²) in [7, 11) is 2.94. The molecule has 2 N–H and O–H groups in total. The van der Waals surface area contributed by atoms with Crippen molar-refractivity contribution in [1.82, 2.24) is 0 Å². The zero-order valence-corrected chi connectivity index (χ0v) is 11.8. The van der Waals surface area contributed by atoms with Crippen molar-refractivity contribution in [1.29, 1.82) is 0 Å². The van der Waals surface area contributed by atoms with Crippen molar-refractivity contribution >= 4 is 5.97 Å². The van der Waals surface area contributed by atoms with Gasteiger partial charge in [0.25, 0.3) is 0 Å². The van der Waals surface area contributed by atoms with E-state index in [1.54, 1.807) is 30.3 Å². The number of methoxy groups -OCH3 is 2. The van der Waals surface area contributed by atoms with E-state index < -0.39 is 5.97 Å². The van der Waals surface area contributed by atoms with Crippen molar-refractivity contribution in [3.8, 4) is 22.6 Å². The Bertz CT molecular complexity index is 664. The minimum Gasteiger partial charge on any atom is -0.493 e. The van der Waals surface area contributed by atoms with Crippen LogP contribution in [0.4, 0.5) is 0 Å². The maximum Gasteiger partial charge on any atom is 0.336 e. The molecule has 0 amide bonds. The number of carbonyl (C=O) groups is 1. The van der Waals surface area contributed by atoms with Crippen molar-refractivity contribution < 1.29 is 24.5 Å². The van der Waals surface area contributed by atoms with Crippen molar-refractivity contribution in [2.75, 3.05) is 14.2 Å². The summed E-state index contributed by atoms with van der Waals surface area (Å²) < 4.78 is 10.6. The molecule has 5 heteroatoms. The Morgan fingerprint density at radius 2 is 1.81 bits per heavy atom. The van der Waals surface area contributed by atoms with Gasteiger partial charge in [-0.25, -0.2) is 4.79 Å². The molecule has 0 saturated heterocycles. The first-order valence-electron chi connectivity index (χ1n) is 6.31. The lowest BCUT2D eigenvalue weighted by Gasteiger charge is -2.17. The average molecular weight is 288 g/mol. The highest BCUT2D eigenvalue weighted by atomic mass is 16.5. The Balaban J connectivity index is 2.84. The summed E-state index contributed by atoms with van der Waals surface area (Å²) in [6, 6.07) is 10.1. The summed E-state index contributed by atoms with van der Waals surface area (Å²) in [5.74, 6) is -0.303. The molecular weight excluding hydrogens is 272 g/mol. The highest BCUT2D eigenvalue weighted by molar-refractivity contribution is 5.99. The summed E-state index contributed by atoms with van der Waals surface area (Å²) in [5, 5.41) is 18.9. The smallest absolute Gasteiger partial charge is 0.336 e. The van der Waals surface area contributed by atoms with Crippen LogP contribution in [0.15, 0.2) is 36.4 Å². The first-order valence-corrected chi connectivity index (χ1v) is 6.31. The molecule has 21 heavy (non-hydrogen) atoms. The van der Waals surface area contributed by atoms with Gasteiger partial charge in [0.2, 0.25) is 0 Å². The number of ether oxygens (including phenoxy) is 2. The molecular formula is C16H16O5. The van der Waals surface area contributed by atoms with Crippen LogP contribution >= 0.6 is 0 Å². The third-order valence-electron chi connectivity index (χ3n) is 3.23. The predicted octanol–water partition coefficient (Wildman–Crippen LogP) is 2.56. The van der Waals surface area contributed by atoms with Crippen molar-refractivity contribution in [3.63, 3.8) is 0 Å². The number of aliphatic hydroxyl groups is 1. The van der Waals surface area contributed by atoms with Crippen LogP contribution in [0.5, 0.6) is 11.5 Å². The van der Waals surface area contributed by atoms with E-state index in [4.69, 9.17) is 9.47 Å². The van der Waals surface area contributed by atoms with Crippen LogP contribution in [0.25, 0.3) is 11.1 Å². The van der Waals surface area contributed by atoms with Crippen molar-refractivity contribution in [3.05, 3.63) is 47.5 Å². The van der Waals surface area contributed by atoms with Gasteiger partial charge in [-0.1, -0.05) is 24.3 Å². The first-order chi connectivity index (χ1) is 10.1. The number of hydrogen-bond acceptors (Lipinski definition) is 4. The largest absolute Gasteiger partial charge is 0.493 e. The van der Waals surface area contributed by atoms with Crippen LogP contribution in [0.2, 0.25) is 0 Å². The topological polar surface area (TPSA) is 76.0 Å². The normalized spacial score (nSPS) is 10.2. The van der Waals surface area contributed by atoms with E-state index in [0.29, 0.717) is 28.2 Å². The van der Waals surface area contributed by atoms with Crippen LogP contribution in [-0.4, -0.2) is 30.4 Å². The molecule has 0 spiro atoms. The van der Waals surface area contributed by atoms with Gasteiger partial charge in [0, 0.05) is 5.56 Å². The van der Waals surface area contributed by atoms with Gasteiger partial charge in [-0.2, -0.15) is 0 Å². The third-order valence-corrected chi connectivity index (χ3v) is 3.23. The predicted molar refractivity (Wildman–Crippen MR) is 77.9 cm³/mol. The fourth-order valence-electron chi connectivity index (χ4n) is 2.27. The van der Waals surface area contributed by atoms with Gasteiger partial charge in [-0.05, 0) is 23.3 Å². The Kier molecular flexibility index (Phi) is 4.45. The molecule has 0 aromatic heterocycles. The quantitative estimate of drug-likeness (QED) is 0.884. The summed E-state index contributed by atoms with van der Waals surface area (Å²) in [6.45, 7) is -0.199. The van der Waals surface area contributed by atoms with E-state index in [-0.39, 0.29) is 12.2 Å². The van der Waals surface area contributed by atoms with E-state index in [0.717, 1.165) is 0 Å². The van der Waals surface area contributed by atoms with Gasteiger partial charge in [0.1, 0.15) is 0 Å². The third kappa shape index (κ3) is 2.68. The van der Waals surface area contributed by atoms with Crippen molar-refractivity contribution in [2.24, 2.45) is 0 Å². The van der Waals surface area contributed by atoms with Crippen LogP contribution in [0.3, 0.4) is 0 Å². The Labute approximate surface area is 122 Å². The second kappa shape index (κ2) is 6.28. The van der Waals surface area contributed by atoms with Crippen LogP contribution < -0.4 is 9.47 Å². The Morgan fingerprint density at radius 1 is 1.10 bits per heavy atom. The molecule has 0 aliphatic rings. The number of hydrogen-bond donors (Lipinski definition) is 2. The van der Waals surface area contributed by atoms with E-state index in [1.165, 1.54) is 20.3 Å². The molecule has 2 aromatic carbocycles. The molecule has 0 bridgehead atoms. The molecule has 0 aliphatic carbocycles. The number of benzene rings is 2. The standard InChI is InChI=1S/C16H16O5/c1-20-13-8-7-12(16(18)19)14(15(13)21-2)11-6-4-3-5-10(11)9-17/h3-8,17H,9H2,1-2H3,(H,18,19). The summed E-state index contributed by atoms with van der Waals surface area (Å²) in [4.78, 5) is 11.5. The van der Waals surface area contributed by atoms with Gasteiger partial charge in [-0.15, -0.1) is 0 Å². The van der Waals surface area contributed by atoms with Gasteiger partial charge >= 0.3 is 5.97 Å². The lowest BCUT2D eigenvalue weighted by atomic mass is 9.94. The average Bonchev–Trinajstić information content (AvgIpc) is 2.52. The lowest BCUT2D eigenvalue weighted by Crippen LogP contribution is -2.04. The number of carboxylic acid groups (broad SMARTS) is 1. The van der Waals surface area contributed by atoms with Gasteiger partial charge in [0.15, 0.2) is 11.5 Å². The maximum absolute atomic E-state index is 11.5. The molecule has 0 aliphatic heterocycles. The summed E-state index contributed by atoms with van der Waals surface area (Å²) in [6.07, 6.45) is 0. The molecule has 0 fully saturated rings.